The molecule has 0 aromatic rings. The summed E-state index contributed by atoms with van der Waals surface area (Å²) in [5, 5.41) is 0. The van der Waals surface area contributed by atoms with Crippen LogP contribution in [0.5, 0.6) is 0 Å². The molecule has 0 aromatic carbocycles. The Morgan fingerprint density at radius 2 is 2.20 bits per heavy atom. The molecule has 0 aliphatic carbocycles. The average molecular weight is 142 g/mol. The van der Waals surface area contributed by atoms with Gasteiger partial charge in [0.2, 0.25) is 0 Å². The fourth-order valence-electron chi connectivity index (χ4n) is 0.664. The quantitative estimate of drug-likeness (QED) is 0.532. The van der Waals surface area contributed by atoms with Gasteiger partial charge in [0, 0.05) is 13.6 Å². The minimum atomic E-state index is 0.718. The van der Waals surface area contributed by atoms with Gasteiger partial charge in [-0.3, -0.25) is 4.79 Å². The lowest BCUT2D eigenvalue weighted by molar-refractivity contribution is 0.387. The predicted octanol–water partition coefficient (Wildman–Crippen LogP) is 1.42. The van der Waals surface area contributed by atoms with E-state index < -0.39 is 0 Å². The fourth-order valence-corrected chi connectivity index (χ4v) is 0.664. The SMILES string of the molecule is CCC(C)CCN(C)[C]=O. The van der Waals surface area contributed by atoms with Gasteiger partial charge in [-0.2, -0.15) is 0 Å². The summed E-state index contributed by atoms with van der Waals surface area (Å²) >= 11 is 0. The summed E-state index contributed by atoms with van der Waals surface area (Å²) in [6, 6.07) is 0. The molecule has 2 nitrogen and oxygen atoms in total. The Kier molecular flexibility index (Phi) is 4.99. The molecule has 2 heteroatoms. The molecule has 0 saturated heterocycles. The molecule has 0 aliphatic rings. The summed E-state index contributed by atoms with van der Waals surface area (Å²) in [5.74, 6) is 0.718. The third-order valence-corrected chi connectivity index (χ3v) is 1.81. The Balaban J connectivity index is 3.25. The molecule has 0 saturated carbocycles. The van der Waals surface area contributed by atoms with Crippen LogP contribution in [-0.2, 0) is 4.79 Å². The summed E-state index contributed by atoms with van der Waals surface area (Å²) in [6.45, 7) is 5.19. The molecule has 59 valence electrons. The van der Waals surface area contributed by atoms with Gasteiger partial charge < -0.3 is 4.90 Å². The first-order chi connectivity index (χ1) is 4.70. The lowest BCUT2D eigenvalue weighted by atomic mass is 10.1. The molecule has 1 radical (unpaired) electrons. The highest BCUT2D eigenvalue weighted by Gasteiger charge is 2.00. The number of carbonyl (C=O) groups excluding carboxylic acids is 1. The van der Waals surface area contributed by atoms with Crippen molar-refractivity contribution in [2.24, 2.45) is 5.92 Å². The highest BCUT2D eigenvalue weighted by atomic mass is 16.1. The van der Waals surface area contributed by atoms with Crippen LogP contribution in [0.25, 0.3) is 0 Å². The van der Waals surface area contributed by atoms with Gasteiger partial charge in [-0.05, 0) is 12.3 Å². The summed E-state index contributed by atoms with van der Waals surface area (Å²) in [5.41, 5.74) is 0. The van der Waals surface area contributed by atoms with Crippen LogP contribution >= 0.6 is 0 Å². The van der Waals surface area contributed by atoms with Crippen molar-refractivity contribution in [1.29, 1.82) is 0 Å². The van der Waals surface area contributed by atoms with Gasteiger partial charge in [0.1, 0.15) is 0 Å². The van der Waals surface area contributed by atoms with Crippen LogP contribution < -0.4 is 0 Å². The van der Waals surface area contributed by atoms with Crippen molar-refractivity contribution in [1.82, 2.24) is 4.90 Å². The van der Waals surface area contributed by atoms with Crippen LogP contribution in [0.3, 0.4) is 0 Å². The third-order valence-electron chi connectivity index (χ3n) is 1.81. The average Bonchev–Trinajstić information content (AvgIpc) is 1.99. The largest absolute Gasteiger partial charge is 0.338 e. The minimum absolute atomic E-state index is 0.718. The first kappa shape index (κ1) is 9.47. The molecular weight excluding hydrogens is 126 g/mol. The van der Waals surface area contributed by atoms with E-state index in [1.807, 2.05) is 6.41 Å². The van der Waals surface area contributed by atoms with Gasteiger partial charge in [0.05, 0.1) is 0 Å². The fraction of sp³-hybridized carbons (Fsp3) is 0.875. The monoisotopic (exact) mass is 142 g/mol. The van der Waals surface area contributed by atoms with E-state index in [2.05, 4.69) is 13.8 Å². The minimum Gasteiger partial charge on any atom is -0.338 e. The van der Waals surface area contributed by atoms with E-state index >= 15 is 0 Å². The number of hydrogen-bond donors (Lipinski definition) is 0. The summed E-state index contributed by atoms with van der Waals surface area (Å²) in [7, 11) is 1.76. The second-order valence-electron chi connectivity index (χ2n) is 2.81. The van der Waals surface area contributed by atoms with Crippen LogP contribution in [0, 0.1) is 5.92 Å². The standard InChI is InChI=1S/C8H16NO/c1-4-8(2)5-6-9(3)7-10/h8H,4-6H2,1-3H3. The summed E-state index contributed by atoms with van der Waals surface area (Å²) in [6.07, 6.45) is 4.10. The maximum absolute atomic E-state index is 10.0. The highest BCUT2D eigenvalue weighted by molar-refractivity contribution is 5.47. The van der Waals surface area contributed by atoms with Crippen LogP contribution in [0.1, 0.15) is 26.7 Å². The van der Waals surface area contributed by atoms with E-state index in [4.69, 9.17) is 0 Å². The van der Waals surface area contributed by atoms with Crippen molar-refractivity contribution < 1.29 is 4.79 Å². The maximum Gasteiger partial charge on any atom is 0.311 e. The van der Waals surface area contributed by atoms with Gasteiger partial charge >= 0.3 is 6.41 Å². The Bertz CT molecular complexity index is 93.3. The Labute approximate surface area is 63.2 Å². The zero-order valence-electron chi connectivity index (χ0n) is 7.05. The Morgan fingerprint density at radius 3 is 2.60 bits per heavy atom. The van der Waals surface area contributed by atoms with E-state index in [1.165, 1.54) is 6.42 Å². The van der Waals surface area contributed by atoms with Gasteiger partial charge in [-0.15, -0.1) is 0 Å². The molecule has 0 rings (SSSR count). The topological polar surface area (TPSA) is 20.3 Å². The van der Waals surface area contributed by atoms with Crippen molar-refractivity contribution in [3.63, 3.8) is 0 Å². The molecule has 0 N–H and O–H groups in total. The van der Waals surface area contributed by atoms with Crippen molar-refractivity contribution >= 4 is 6.41 Å². The lowest BCUT2D eigenvalue weighted by Gasteiger charge is -2.12. The number of amides is 1. The van der Waals surface area contributed by atoms with Crippen LogP contribution in [0.2, 0.25) is 0 Å². The Morgan fingerprint density at radius 1 is 1.60 bits per heavy atom. The lowest BCUT2D eigenvalue weighted by Crippen LogP contribution is -2.18. The number of nitrogens with zero attached hydrogens (tertiary/aromatic N) is 1. The van der Waals surface area contributed by atoms with E-state index in [1.54, 1.807) is 11.9 Å². The highest BCUT2D eigenvalue weighted by Crippen LogP contribution is 2.05. The van der Waals surface area contributed by atoms with Crippen molar-refractivity contribution in [2.75, 3.05) is 13.6 Å². The first-order valence-corrected chi connectivity index (χ1v) is 3.79. The molecular formula is C8H16NO. The molecule has 0 spiro atoms. The summed E-state index contributed by atoms with van der Waals surface area (Å²) in [4.78, 5) is 11.6. The number of rotatable bonds is 5. The molecule has 0 aromatic heterocycles. The molecule has 0 heterocycles. The van der Waals surface area contributed by atoms with Crippen molar-refractivity contribution in [3.8, 4) is 0 Å². The normalized spacial score (nSPS) is 12.7. The molecule has 0 fully saturated rings. The van der Waals surface area contributed by atoms with Crippen molar-refractivity contribution in [3.05, 3.63) is 0 Å². The van der Waals surface area contributed by atoms with Gasteiger partial charge in [-0.1, -0.05) is 20.3 Å². The zero-order chi connectivity index (χ0) is 7.98. The molecule has 0 bridgehead atoms. The summed E-state index contributed by atoms with van der Waals surface area (Å²) < 4.78 is 0. The first-order valence-electron chi connectivity index (χ1n) is 3.79. The van der Waals surface area contributed by atoms with E-state index in [-0.39, 0.29) is 0 Å². The molecule has 0 aliphatic heterocycles. The van der Waals surface area contributed by atoms with Crippen LogP contribution in [0.15, 0.2) is 0 Å². The molecule has 10 heavy (non-hydrogen) atoms. The van der Waals surface area contributed by atoms with Gasteiger partial charge in [-0.25, -0.2) is 0 Å². The van der Waals surface area contributed by atoms with Crippen molar-refractivity contribution in [2.45, 2.75) is 26.7 Å². The zero-order valence-corrected chi connectivity index (χ0v) is 7.05. The van der Waals surface area contributed by atoms with Crippen LogP contribution in [-0.4, -0.2) is 24.9 Å². The van der Waals surface area contributed by atoms with Gasteiger partial charge in [0.25, 0.3) is 0 Å². The van der Waals surface area contributed by atoms with E-state index in [9.17, 15) is 4.79 Å². The predicted molar refractivity (Wildman–Crippen MR) is 42.4 cm³/mol. The smallest absolute Gasteiger partial charge is 0.311 e. The second kappa shape index (κ2) is 5.27. The van der Waals surface area contributed by atoms with Gasteiger partial charge in [0.15, 0.2) is 0 Å². The Hall–Kier alpha value is -0.530. The molecule has 1 atom stereocenters. The van der Waals surface area contributed by atoms with E-state index in [0.29, 0.717) is 0 Å². The second-order valence-corrected chi connectivity index (χ2v) is 2.81. The van der Waals surface area contributed by atoms with Crippen LogP contribution in [0.4, 0.5) is 0 Å². The molecule has 1 amide bonds. The maximum atomic E-state index is 10.0. The number of hydrogen-bond acceptors (Lipinski definition) is 1. The van der Waals surface area contributed by atoms with E-state index in [0.717, 1.165) is 18.9 Å². The molecule has 1 unspecified atom stereocenters. The third kappa shape index (κ3) is 4.36.